The summed E-state index contributed by atoms with van der Waals surface area (Å²) in [5, 5.41) is 20.4. The Bertz CT molecular complexity index is 1560. The number of nitrogens with zero attached hydrogens (tertiary/aromatic N) is 8. The zero-order valence-corrected chi connectivity index (χ0v) is 25.3. The van der Waals surface area contributed by atoms with E-state index in [1.54, 1.807) is 35.3 Å². The van der Waals surface area contributed by atoms with Gasteiger partial charge >= 0.3 is 6.03 Å². The smallest absolute Gasteiger partial charge is 0.323 e. The Kier molecular flexibility index (Phi) is 9.99. The van der Waals surface area contributed by atoms with E-state index in [2.05, 4.69) is 31.8 Å². The third-order valence-electron chi connectivity index (χ3n) is 7.81. The molecule has 12 heteroatoms. The summed E-state index contributed by atoms with van der Waals surface area (Å²) < 4.78 is 6.93. The summed E-state index contributed by atoms with van der Waals surface area (Å²) in [5.74, 6) is 1.66. The summed E-state index contributed by atoms with van der Waals surface area (Å²) in [5.41, 5.74) is 3.35. The molecule has 1 saturated carbocycles. The van der Waals surface area contributed by atoms with Gasteiger partial charge in [-0.2, -0.15) is 15.3 Å². The van der Waals surface area contributed by atoms with Gasteiger partial charge in [-0.25, -0.2) is 14.8 Å². The SMILES string of the molecule is COCCN(C)c1nc(NC2CCC(N(C(=O)NCc3ccccc3)c3ccc(-c4cnn(C)c4)cn3)CC2)ncc1C#N. The fourth-order valence-corrected chi connectivity index (χ4v) is 5.39. The molecule has 0 spiro atoms. The van der Waals surface area contributed by atoms with Crippen molar-refractivity contribution in [2.24, 2.45) is 7.05 Å². The molecule has 0 atom stereocenters. The highest BCUT2D eigenvalue weighted by Crippen LogP contribution is 2.30. The minimum Gasteiger partial charge on any atom is -0.383 e. The molecule has 2 N–H and O–H groups in total. The van der Waals surface area contributed by atoms with E-state index in [1.165, 1.54) is 0 Å². The van der Waals surface area contributed by atoms with E-state index in [4.69, 9.17) is 9.72 Å². The van der Waals surface area contributed by atoms with E-state index >= 15 is 0 Å². The van der Waals surface area contributed by atoms with Gasteiger partial charge < -0.3 is 20.3 Å². The molecule has 228 valence electrons. The molecule has 4 aromatic rings. The van der Waals surface area contributed by atoms with Gasteiger partial charge in [-0.15, -0.1) is 0 Å². The summed E-state index contributed by atoms with van der Waals surface area (Å²) in [4.78, 5) is 31.1. The molecule has 3 aromatic heterocycles. The number of rotatable bonds is 11. The maximum Gasteiger partial charge on any atom is 0.323 e. The van der Waals surface area contributed by atoms with Crippen molar-refractivity contribution in [2.45, 2.75) is 44.3 Å². The zero-order valence-electron chi connectivity index (χ0n) is 25.3. The maximum absolute atomic E-state index is 13.7. The van der Waals surface area contributed by atoms with Crippen LogP contribution in [0.5, 0.6) is 0 Å². The first-order chi connectivity index (χ1) is 21.4. The molecule has 1 fully saturated rings. The number of hydrogen-bond donors (Lipinski definition) is 2. The molecule has 0 unspecified atom stereocenters. The van der Waals surface area contributed by atoms with Crippen molar-refractivity contribution < 1.29 is 9.53 Å². The second-order valence-electron chi connectivity index (χ2n) is 10.9. The van der Waals surface area contributed by atoms with E-state index in [1.807, 2.05) is 67.7 Å². The van der Waals surface area contributed by atoms with Gasteiger partial charge in [-0.3, -0.25) is 9.58 Å². The van der Waals surface area contributed by atoms with Crippen molar-refractivity contribution in [2.75, 3.05) is 42.4 Å². The van der Waals surface area contributed by atoms with Gasteiger partial charge in [0.1, 0.15) is 17.5 Å². The van der Waals surface area contributed by atoms with Crippen molar-refractivity contribution in [1.82, 2.24) is 30.0 Å². The number of carbonyl (C=O) groups excluding carboxylic acids is 1. The number of ether oxygens (including phenoxy) is 1. The number of amides is 2. The van der Waals surface area contributed by atoms with E-state index in [0.717, 1.165) is 42.4 Å². The topological polar surface area (TPSA) is 137 Å². The lowest BCUT2D eigenvalue weighted by Gasteiger charge is -2.36. The quantitative estimate of drug-likeness (QED) is 0.259. The van der Waals surface area contributed by atoms with Gasteiger partial charge in [0.05, 0.1) is 19.0 Å². The Hall–Kier alpha value is -5.02. The Morgan fingerprint density at radius 2 is 1.86 bits per heavy atom. The number of likely N-dealkylation sites (N-methyl/N-ethyl adjacent to an activating group) is 1. The van der Waals surface area contributed by atoms with Gasteiger partial charge in [0.15, 0.2) is 5.82 Å². The molecule has 1 aliphatic carbocycles. The van der Waals surface area contributed by atoms with Crippen LogP contribution in [0.15, 0.2) is 67.3 Å². The number of aryl methyl sites for hydroxylation is 1. The Labute approximate surface area is 257 Å². The molecule has 3 heterocycles. The number of benzene rings is 1. The fraction of sp³-hybridized carbons (Fsp3) is 0.375. The van der Waals surface area contributed by atoms with Crippen molar-refractivity contribution in [1.29, 1.82) is 5.26 Å². The first kappa shape index (κ1) is 30.4. The number of aromatic nitrogens is 5. The van der Waals surface area contributed by atoms with E-state index in [9.17, 15) is 10.1 Å². The number of pyridine rings is 1. The van der Waals surface area contributed by atoms with Crippen LogP contribution in [-0.2, 0) is 18.3 Å². The summed E-state index contributed by atoms with van der Waals surface area (Å²) in [6, 6.07) is 15.9. The predicted octanol–water partition coefficient (Wildman–Crippen LogP) is 4.37. The highest BCUT2D eigenvalue weighted by Gasteiger charge is 2.31. The first-order valence-electron chi connectivity index (χ1n) is 14.7. The highest BCUT2D eigenvalue weighted by molar-refractivity contribution is 5.91. The Morgan fingerprint density at radius 3 is 2.52 bits per heavy atom. The molecule has 0 aliphatic heterocycles. The minimum atomic E-state index is -0.175. The number of urea groups is 1. The van der Waals surface area contributed by atoms with Gasteiger partial charge in [-0.1, -0.05) is 30.3 Å². The number of methoxy groups -OCH3 is 1. The van der Waals surface area contributed by atoms with Crippen molar-refractivity contribution in [3.63, 3.8) is 0 Å². The number of anilines is 3. The highest BCUT2D eigenvalue weighted by atomic mass is 16.5. The average Bonchev–Trinajstić information content (AvgIpc) is 3.50. The van der Waals surface area contributed by atoms with E-state index in [0.29, 0.717) is 42.8 Å². The molecule has 5 rings (SSSR count). The van der Waals surface area contributed by atoms with Crippen LogP contribution >= 0.6 is 0 Å². The molecule has 0 bridgehead atoms. The van der Waals surface area contributed by atoms with Crippen LogP contribution in [0.3, 0.4) is 0 Å². The molecule has 12 nitrogen and oxygen atoms in total. The van der Waals surface area contributed by atoms with Crippen LogP contribution in [0.1, 0.15) is 36.8 Å². The zero-order chi connectivity index (χ0) is 30.9. The molecule has 1 aliphatic rings. The van der Waals surface area contributed by atoms with Gasteiger partial charge in [-0.05, 0) is 43.4 Å². The second kappa shape index (κ2) is 14.4. The molecule has 44 heavy (non-hydrogen) atoms. The van der Waals surface area contributed by atoms with Crippen LogP contribution in [0, 0.1) is 11.3 Å². The lowest BCUT2D eigenvalue weighted by molar-refractivity contribution is 0.206. The molecule has 0 radical (unpaired) electrons. The summed E-state index contributed by atoms with van der Waals surface area (Å²) >= 11 is 0. The number of carbonyl (C=O) groups is 1. The number of nitriles is 1. The molecule has 0 saturated heterocycles. The second-order valence-corrected chi connectivity index (χ2v) is 10.9. The maximum atomic E-state index is 13.7. The molecular formula is C32H38N10O2. The average molecular weight is 595 g/mol. The van der Waals surface area contributed by atoms with Crippen LogP contribution in [-0.4, -0.2) is 70.2 Å². The van der Waals surface area contributed by atoms with Crippen molar-refractivity contribution in [3.05, 3.63) is 78.4 Å². The lowest BCUT2D eigenvalue weighted by Crippen LogP contribution is -2.49. The number of hydrogen-bond acceptors (Lipinski definition) is 9. The number of nitrogens with one attached hydrogen (secondary N) is 2. The third kappa shape index (κ3) is 7.48. The van der Waals surface area contributed by atoms with Crippen LogP contribution in [0.4, 0.5) is 22.4 Å². The minimum absolute atomic E-state index is 0.0295. The standard InChI is InChI=1S/C32H38N10O2/c1-40(15-16-44-3)30-25(17-33)20-35-31(39-30)38-27-10-12-28(13-11-27)42(32(43)36-18-23-7-5-4-6-8-23)29-14-9-24(19-34-29)26-21-37-41(2)22-26/h4-9,14,19-22,27-28H,10-13,15-16,18H2,1-3H3,(H,36,43)(H,35,38,39). The molecule has 1 aromatic carbocycles. The Balaban J connectivity index is 1.28. The predicted molar refractivity (Wildman–Crippen MR) is 169 cm³/mol. The van der Waals surface area contributed by atoms with Gasteiger partial charge in [0.25, 0.3) is 0 Å². The summed E-state index contributed by atoms with van der Waals surface area (Å²) in [6.45, 7) is 1.55. The molecular weight excluding hydrogens is 556 g/mol. The fourth-order valence-electron chi connectivity index (χ4n) is 5.39. The third-order valence-corrected chi connectivity index (χ3v) is 7.81. The first-order valence-corrected chi connectivity index (χ1v) is 14.7. The normalized spacial score (nSPS) is 16.1. The van der Waals surface area contributed by atoms with Crippen molar-refractivity contribution >= 4 is 23.6 Å². The summed E-state index contributed by atoms with van der Waals surface area (Å²) in [7, 11) is 5.40. The lowest BCUT2D eigenvalue weighted by atomic mass is 9.90. The van der Waals surface area contributed by atoms with Crippen LogP contribution in [0.2, 0.25) is 0 Å². The van der Waals surface area contributed by atoms with Crippen molar-refractivity contribution in [3.8, 4) is 17.2 Å². The van der Waals surface area contributed by atoms with E-state index in [-0.39, 0.29) is 18.1 Å². The largest absolute Gasteiger partial charge is 0.383 e. The Morgan fingerprint density at radius 1 is 1.07 bits per heavy atom. The van der Waals surface area contributed by atoms with Crippen LogP contribution in [0.25, 0.3) is 11.1 Å². The summed E-state index contributed by atoms with van der Waals surface area (Å²) in [6.07, 6.45) is 10.3. The molecule has 2 amide bonds. The monoisotopic (exact) mass is 594 g/mol. The van der Waals surface area contributed by atoms with E-state index < -0.39 is 0 Å². The van der Waals surface area contributed by atoms with Gasteiger partial charge in [0, 0.05) is 69.9 Å². The van der Waals surface area contributed by atoms with Gasteiger partial charge in [0.2, 0.25) is 5.95 Å². The van der Waals surface area contributed by atoms with Crippen LogP contribution < -0.4 is 20.4 Å².